The predicted molar refractivity (Wildman–Crippen MR) is 102 cm³/mol. The molecule has 1 aromatic heterocycles. The zero-order valence-electron chi connectivity index (χ0n) is 14.5. The van der Waals surface area contributed by atoms with E-state index in [1.54, 1.807) is 0 Å². The van der Waals surface area contributed by atoms with Crippen molar-refractivity contribution in [3.8, 4) is 11.3 Å². The molecule has 0 spiro atoms. The fraction of sp³-hybridized carbons (Fsp3) is 0.150. The third-order valence-electron chi connectivity index (χ3n) is 3.74. The Balaban J connectivity index is 1.54. The van der Waals surface area contributed by atoms with Gasteiger partial charge >= 0.3 is 5.97 Å². The molecule has 7 heteroatoms. The van der Waals surface area contributed by atoms with Crippen LogP contribution < -0.4 is 5.32 Å². The number of anilines is 1. The molecule has 3 rings (SSSR count). The Hall–Kier alpha value is -3.06. The summed E-state index contributed by atoms with van der Waals surface area (Å²) >= 11 is 1.29. The fourth-order valence-corrected chi connectivity index (χ4v) is 3.06. The van der Waals surface area contributed by atoms with Crippen LogP contribution in [0.4, 0.5) is 9.52 Å². The summed E-state index contributed by atoms with van der Waals surface area (Å²) in [6.45, 7) is 1.49. The molecule has 0 saturated carbocycles. The number of hydrogen-bond acceptors (Lipinski definition) is 5. The Morgan fingerprint density at radius 3 is 2.56 bits per heavy atom. The second-order valence-electron chi connectivity index (χ2n) is 5.83. The first-order valence-electron chi connectivity index (χ1n) is 8.27. The molecule has 1 unspecified atom stereocenters. The topological polar surface area (TPSA) is 68.3 Å². The van der Waals surface area contributed by atoms with Crippen molar-refractivity contribution in [3.63, 3.8) is 0 Å². The van der Waals surface area contributed by atoms with Gasteiger partial charge in [-0.25, -0.2) is 9.37 Å². The number of carbonyl (C=O) groups excluding carboxylic acids is 2. The molecule has 0 bridgehead atoms. The molecule has 0 aliphatic heterocycles. The normalized spacial score (nSPS) is 11.6. The molecule has 1 atom stereocenters. The second kappa shape index (κ2) is 8.55. The number of aromatic nitrogens is 1. The van der Waals surface area contributed by atoms with Crippen LogP contribution in [0.25, 0.3) is 11.3 Å². The first-order valence-corrected chi connectivity index (χ1v) is 9.15. The molecule has 1 N–H and O–H groups in total. The van der Waals surface area contributed by atoms with E-state index in [0.29, 0.717) is 10.7 Å². The van der Waals surface area contributed by atoms with E-state index in [2.05, 4.69) is 10.3 Å². The number of rotatable bonds is 6. The van der Waals surface area contributed by atoms with Gasteiger partial charge in [-0.2, -0.15) is 0 Å². The van der Waals surface area contributed by atoms with Crippen LogP contribution in [0.3, 0.4) is 0 Å². The maximum absolute atomic E-state index is 12.9. The van der Waals surface area contributed by atoms with E-state index >= 15 is 0 Å². The Kier molecular flexibility index (Phi) is 5.93. The largest absolute Gasteiger partial charge is 0.452 e. The number of nitrogens with zero attached hydrogens (tertiary/aromatic N) is 1. The van der Waals surface area contributed by atoms with Crippen molar-refractivity contribution in [2.75, 3.05) is 5.32 Å². The minimum absolute atomic E-state index is 0.0344. The number of esters is 1. The van der Waals surface area contributed by atoms with Gasteiger partial charge in [-0.05, 0) is 24.6 Å². The van der Waals surface area contributed by atoms with E-state index in [-0.39, 0.29) is 12.2 Å². The van der Waals surface area contributed by atoms with Gasteiger partial charge in [0.15, 0.2) is 11.2 Å². The standard InChI is InChI=1S/C20H17FN2O3S/c1-13(26-18(24)11-14-7-9-16(21)10-8-14)19(25)23-20-22-17(12-27-20)15-5-3-2-4-6-15/h2-10,12-13H,11H2,1H3,(H,22,23,25). The summed E-state index contributed by atoms with van der Waals surface area (Å²) in [5.41, 5.74) is 2.33. The van der Waals surface area contributed by atoms with Crippen molar-refractivity contribution in [2.45, 2.75) is 19.4 Å². The van der Waals surface area contributed by atoms with Gasteiger partial charge in [0.1, 0.15) is 5.82 Å². The van der Waals surface area contributed by atoms with Crippen molar-refractivity contribution >= 4 is 28.3 Å². The summed E-state index contributed by atoms with van der Waals surface area (Å²) in [6, 6.07) is 15.1. The lowest BCUT2D eigenvalue weighted by atomic mass is 10.1. The van der Waals surface area contributed by atoms with Gasteiger partial charge < -0.3 is 4.74 Å². The molecule has 0 saturated heterocycles. The smallest absolute Gasteiger partial charge is 0.311 e. The summed E-state index contributed by atoms with van der Waals surface area (Å²) in [5.74, 6) is -1.40. The predicted octanol–water partition coefficient (Wildman–Crippen LogP) is 4.06. The van der Waals surface area contributed by atoms with Crippen molar-refractivity contribution in [2.24, 2.45) is 0 Å². The lowest BCUT2D eigenvalue weighted by Gasteiger charge is -2.12. The lowest BCUT2D eigenvalue weighted by Crippen LogP contribution is -2.30. The van der Waals surface area contributed by atoms with E-state index in [1.165, 1.54) is 42.5 Å². The van der Waals surface area contributed by atoms with Gasteiger partial charge in [-0.15, -0.1) is 11.3 Å². The summed E-state index contributed by atoms with van der Waals surface area (Å²) in [7, 11) is 0. The van der Waals surface area contributed by atoms with Crippen molar-refractivity contribution in [1.29, 1.82) is 0 Å². The number of halogens is 1. The third-order valence-corrected chi connectivity index (χ3v) is 4.50. The molecule has 2 aromatic carbocycles. The van der Waals surface area contributed by atoms with Gasteiger partial charge in [0.2, 0.25) is 0 Å². The number of amides is 1. The number of ether oxygens (including phenoxy) is 1. The monoisotopic (exact) mass is 384 g/mol. The van der Waals surface area contributed by atoms with Crippen LogP contribution in [-0.4, -0.2) is 23.0 Å². The quantitative estimate of drug-likeness (QED) is 0.651. The Bertz CT molecular complexity index is 926. The van der Waals surface area contributed by atoms with Crippen LogP contribution in [0.2, 0.25) is 0 Å². The molecule has 1 amide bonds. The molecule has 0 fully saturated rings. The molecule has 0 aliphatic rings. The van der Waals surface area contributed by atoms with Crippen LogP contribution in [0.15, 0.2) is 60.0 Å². The zero-order valence-corrected chi connectivity index (χ0v) is 15.3. The summed E-state index contributed by atoms with van der Waals surface area (Å²) < 4.78 is 18.0. The number of nitrogens with one attached hydrogen (secondary N) is 1. The molecule has 1 heterocycles. The van der Waals surface area contributed by atoms with E-state index < -0.39 is 18.0 Å². The van der Waals surface area contributed by atoms with Crippen molar-refractivity contribution in [1.82, 2.24) is 4.98 Å². The second-order valence-corrected chi connectivity index (χ2v) is 6.69. The minimum atomic E-state index is -0.970. The fourth-order valence-electron chi connectivity index (χ4n) is 2.34. The first-order chi connectivity index (χ1) is 13.0. The molecule has 138 valence electrons. The Labute approximate surface area is 159 Å². The maximum atomic E-state index is 12.9. The SMILES string of the molecule is CC(OC(=O)Cc1ccc(F)cc1)C(=O)Nc1nc(-c2ccccc2)cs1. The van der Waals surface area contributed by atoms with Gasteiger partial charge in [0.05, 0.1) is 12.1 Å². The highest BCUT2D eigenvalue weighted by atomic mass is 32.1. The van der Waals surface area contributed by atoms with Crippen LogP contribution in [-0.2, 0) is 20.7 Å². The summed E-state index contributed by atoms with van der Waals surface area (Å²) in [4.78, 5) is 28.5. The number of carbonyl (C=O) groups is 2. The highest BCUT2D eigenvalue weighted by Gasteiger charge is 2.19. The van der Waals surface area contributed by atoms with E-state index in [0.717, 1.165) is 11.3 Å². The van der Waals surface area contributed by atoms with Crippen LogP contribution in [0.5, 0.6) is 0 Å². The molecular formula is C20H17FN2O3S. The average Bonchev–Trinajstić information content (AvgIpc) is 3.12. The molecular weight excluding hydrogens is 367 g/mol. The lowest BCUT2D eigenvalue weighted by molar-refractivity contribution is -0.152. The van der Waals surface area contributed by atoms with E-state index in [4.69, 9.17) is 4.74 Å². The third kappa shape index (κ3) is 5.21. The summed E-state index contributed by atoms with van der Waals surface area (Å²) in [6.07, 6.45) is -1.00. The zero-order chi connectivity index (χ0) is 19.2. The molecule has 5 nitrogen and oxygen atoms in total. The Morgan fingerprint density at radius 1 is 1.15 bits per heavy atom. The minimum Gasteiger partial charge on any atom is -0.452 e. The summed E-state index contributed by atoms with van der Waals surface area (Å²) in [5, 5.41) is 4.92. The molecule has 0 radical (unpaired) electrons. The number of hydrogen-bond donors (Lipinski definition) is 1. The van der Waals surface area contributed by atoms with Gasteiger partial charge in [-0.1, -0.05) is 42.5 Å². The van der Waals surface area contributed by atoms with Gasteiger partial charge in [0, 0.05) is 10.9 Å². The van der Waals surface area contributed by atoms with Gasteiger partial charge in [-0.3, -0.25) is 14.9 Å². The van der Waals surface area contributed by atoms with Gasteiger partial charge in [0.25, 0.3) is 5.91 Å². The maximum Gasteiger partial charge on any atom is 0.311 e. The van der Waals surface area contributed by atoms with Crippen LogP contribution in [0, 0.1) is 5.82 Å². The van der Waals surface area contributed by atoms with Crippen LogP contribution >= 0.6 is 11.3 Å². The van der Waals surface area contributed by atoms with E-state index in [1.807, 2.05) is 35.7 Å². The molecule has 3 aromatic rings. The Morgan fingerprint density at radius 2 is 1.85 bits per heavy atom. The van der Waals surface area contributed by atoms with Crippen LogP contribution in [0.1, 0.15) is 12.5 Å². The highest BCUT2D eigenvalue weighted by molar-refractivity contribution is 7.14. The highest BCUT2D eigenvalue weighted by Crippen LogP contribution is 2.24. The van der Waals surface area contributed by atoms with Crippen molar-refractivity contribution < 1.29 is 18.7 Å². The molecule has 0 aliphatic carbocycles. The van der Waals surface area contributed by atoms with E-state index in [9.17, 15) is 14.0 Å². The molecule has 27 heavy (non-hydrogen) atoms. The number of thiazole rings is 1. The van der Waals surface area contributed by atoms with Crippen molar-refractivity contribution in [3.05, 3.63) is 71.4 Å². The number of benzene rings is 2. The average molecular weight is 384 g/mol. The first kappa shape index (κ1) is 18.7.